The first-order chi connectivity index (χ1) is 10.1. The van der Waals surface area contributed by atoms with Gasteiger partial charge in [0.1, 0.15) is 0 Å². The van der Waals surface area contributed by atoms with Crippen LogP contribution >= 0.6 is 11.8 Å². The maximum atomic E-state index is 12.0. The smallest absolute Gasteiger partial charge is 0.283 e. The number of hydrogen-bond acceptors (Lipinski definition) is 5. The lowest BCUT2D eigenvalue weighted by Crippen LogP contribution is -2.25. The van der Waals surface area contributed by atoms with Crippen LogP contribution < -0.4 is 5.32 Å². The molecule has 0 saturated heterocycles. The third-order valence-corrected chi connectivity index (χ3v) is 3.66. The predicted octanol–water partition coefficient (Wildman–Crippen LogP) is 2.01. The number of imidazole rings is 1. The Morgan fingerprint density at radius 3 is 2.95 bits per heavy atom. The molecule has 0 radical (unpaired) electrons. The molecule has 2 rings (SSSR count). The zero-order chi connectivity index (χ0) is 15.2. The first-order valence-corrected chi connectivity index (χ1v) is 7.42. The van der Waals surface area contributed by atoms with Crippen molar-refractivity contribution < 1.29 is 9.72 Å². The summed E-state index contributed by atoms with van der Waals surface area (Å²) in [5.41, 5.74) is 1.15. The molecule has 0 aliphatic carbocycles. The summed E-state index contributed by atoms with van der Waals surface area (Å²) in [6, 6.07) is 4.48. The van der Waals surface area contributed by atoms with Crippen LogP contribution in [0.2, 0.25) is 0 Å². The van der Waals surface area contributed by atoms with Gasteiger partial charge in [-0.1, -0.05) is 0 Å². The van der Waals surface area contributed by atoms with E-state index in [0.717, 1.165) is 5.69 Å². The normalized spacial score (nSPS) is 10.3. The maximum absolute atomic E-state index is 12.0. The highest BCUT2D eigenvalue weighted by molar-refractivity contribution is 7.98. The van der Waals surface area contributed by atoms with Crippen LogP contribution in [0.4, 0.5) is 5.69 Å². The standard InChI is InChI=1S/C13H14N4O3S/c1-21-12-3-2-9(6-11(12)17(19)20)13(18)15-5-4-10-7-14-8-16-10/h2-3,6-8H,4-5H2,1H3,(H,14,16)(H,15,18). The molecule has 0 spiro atoms. The molecule has 0 saturated carbocycles. The van der Waals surface area contributed by atoms with Crippen LogP contribution in [0.5, 0.6) is 0 Å². The number of nitrogens with one attached hydrogen (secondary N) is 2. The van der Waals surface area contributed by atoms with Gasteiger partial charge in [-0.15, -0.1) is 11.8 Å². The molecule has 0 aliphatic rings. The van der Waals surface area contributed by atoms with Gasteiger partial charge < -0.3 is 10.3 Å². The summed E-state index contributed by atoms with van der Waals surface area (Å²) in [4.78, 5) is 29.8. The Bertz CT molecular complexity index is 643. The van der Waals surface area contributed by atoms with Gasteiger partial charge >= 0.3 is 0 Å². The molecule has 21 heavy (non-hydrogen) atoms. The summed E-state index contributed by atoms with van der Waals surface area (Å²) in [5.74, 6) is -0.328. The molecule has 0 bridgehead atoms. The van der Waals surface area contributed by atoms with E-state index in [-0.39, 0.29) is 17.2 Å². The Kier molecular flexibility index (Phi) is 4.94. The molecular weight excluding hydrogens is 292 g/mol. The van der Waals surface area contributed by atoms with Crippen molar-refractivity contribution in [1.82, 2.24) is 15.3 Å². The SMILES string of the molecule is CSc1ccc(C(=O)NCCc2cnc[nH]2)cc1[N+](=O)[O-]. The van der Waals surface area contributed by atoms with Crippen LogP contribution in [0.25, 0.3) is 0 Å². The van der Waals surface area contributed by atoms with Gasteiger partial charge in [0.05, 0.1) is 16.1 Å². The summed E-state index contributed by atoms with van der Waals surface area (Å²) in [5, 5.41) is 13.7. The minimum Gasteiger partial charge on any atom is -0.352 e. The highest BCUT2D eigenvalue weighted by atomic mass is 32.2. The molecule has 1 aromatic carbocycles. The number of nitrogens with zero attached hydrogens (tertiary/aromatic N) is 2. The molecule has 7 nitrogen and oxygen atoms in total. The van der Waals surface area contributed by atoms with Gasteiger partial charge in [0.15, 0.2) is 0 Å². The largest absolute Gasteiger partial charge is 0.352 e. The van der Waals surface area contributed by atoms with Gasteiger partial charge in [0.2, 0.25) is 0 Å². The zero-order valence-electron chi connectivity index (χ0n) is 11.3. The Morgan fingerprint density at radius 1 is 1.52 bits per heavy atom. The number of thioether (sulfide) groups is 1. The molecule has 8 heteroatoms. The number of amides is 1. The van der Waals surface area contributed by atoms with Crippen molar-refractivity contribution in [2.75, 3.05) is 12.8 Å². The second-order valence-electron chi connectivity index (χ2n) is 4.23. The maximum Gasteiger partial charge on any atom is 0.283 e. The highest BCUT2D eigenvalue weighted by Gasteiger charge is 2.16. The van der Waals surface area contributed by atoms with Gasteiger partial charge in [-0.25, -0.2) is 4.98 Å². The number of nitro groups is 1. The minimum atomic E-state index is -0.479. The number of H-pyrrole nitrogens is 1. The van der Waals surface area contributed by atoms with Crippen molar-refractivity contribution >= 4 is 23.4 Å². The van der Waals surface area contributed by atoms with Gasteiger partial charge in [-0.2, -0.15) is 0 Å². The van der Waals surface area contributed by atoms with Gasteiger partial charge in [0, 0.05) is 36.5 Å². The van der Waals surface area contributed by atoms with Crippen LogP contribution in [-0.2, 0) is 6.42 Å². The van der Waals surface area contributed by atoms with E-state index in [0.29, 0.717) is 17.9 Å². The van der Waals surface area contributed by atoms with Crippen LogP contribution in [0.1, 0.15) is 16.1 Å². The third-order valence-electron chi connectivity index (χ3n) is 2.87. The van der Waals surface area contributed by atoms with Crippen molar-refractivity contribution in [3.8, 4) is 0 Å². The average molecular weight is 306 g/mol. The monoisotopic (exact) mass is 306 g/mol. The number of aromatic nitrogens is 2. The van der Waals surface area contributed by atoms with Crippen LogP contribution in [0, 0.1) is 10.1 Å². The Balaban J connectivity index is 2.01. The number of carbonyl (C=O) groups excluding carboxylic acids is 1. The topological polar surface area (TPSA) is 101 Å². The number of nitro benzene ring substituents is 1. The molecule has 110 valence electrons. The summed E-state index contributed by atoms with van der Waals surface area (Å²) < 4.78 is 0. The Labute approximate surface area is 125 Å². The molecular formula is C13H14N4O3S. The van der Waals surface area contributed by atoms with E-state index >= 15 is 0 Å². The number of hydrogen-bond donors (Lipinski definition) is 2. The lowest BCUT2D eigenvalue weighted by atomic mass is 10.2. The van der Waals surface area contributed by atoms with Crippen LogP contribution in [-0.4, -0.2) is 33.6 Å². The second-order valence-corrected chi connectivity index (χ2v) is 5.07. The second kappa shape index (κ2) is 6.89. The van der Waals surface area contributed by atoms with Crippen molar-refractivity contribution in [3.05, 3.63) is 52.1 Å². The van der Waals surface area contributed by atoms with Crippen LogP contribution in [0.15, 0.2) is 35.6 Å². The third kappa shape index (κ3) is 3.82. The summed E-state index contributed by atoms with van der Waals surface area (Å²) in [7, 11) is 0. The van der Waals surface area contributed by atoms with Crippen LogP contribution in [0.3, 0.4) is 0 Å². The van der Waals surface area contributed by atoms with Crippen molar-refractivity contribution in [2.24, 2.45) is 0 Å². The van der Waals surface area contributed by atoms with Gasteiger partial charge in [-0.3, -0.25) is 14.9 Å². The molecule has 2 N–H and O–H groups in total. The molecule has 0 fully saturated rings. The quantitative estimate of drug-likeness (QED) is 0.483. The van der Waals surface area contributed by atoms with E-state index in [1.165, 1.54) is 17.8 Å². The number of benzene rings is 1. The Morgan fingerprint density at radius 2 is 2.33 bits per heavy atom. The van der Waals surface area contributed by atoms with E-state index < -0.39 is 4.92 Å². The number of rotatable bonds is 6. The predicted molar refractivity (Wildman–Crippen MR) is 79.5 cm³/mol. The lowest BCUT2D eigenvalue weighted by Gasteiger charge is -2.06. The van der Waals surface area contributed by atoms with Crippen molar-refractivity contribution in [2.45, 2.75) is 11.3 Å². The first-order valence-electron chi connectivity index (χ1n) is 6.19. The van der Waals surface area contributed by atoms with Crippen molar-refractivity contribution in [3.63, 3.8) is 0 Å². The number of aromatic amines is 1. The fraction of sp³-hybridized carbons (Fsp3) is 0.231. The lowest BCUT2D eigenvalue weighted by molar-refractivity contribution is -0.387. The molecule has 1 aromatic heterocycles. The average Bonchev–Trinajstić information content (AvgIpc) is 2.99. The zero-order valence-corrected chi connectivity index (χ0v) is 12.1. The van der Waals surface area contributed by atoms with E-state index in [2.05, 4.69) is 15.3 Å². The van der Waals surface area contributed by atoms with Gasteiger partial charge in [0.25, 0.3) is 11.6 Å². The van der Waals surface area contributed by atoms with E-state index in [1.54, 1.807) is 30.9 Å². The number of carbonyl (C=O) groups is 1. The summed E-state index contributed by atoms with van der Waals surface area (Å²) >= 11 is 1.28. The van der Waals surface area contributed by atoms with Crippen molar-refractivity contribution in [1.29, 1.82) is 0 Å². The molecule has 0 aliphatic heterocycles. The van der Waals surface area contributed by atoms with Gasteiger partial charge in [-0.05, 0) is 18.4 Å². The van der Waals surface area contributed by atoms with E-state index in [4.69, 9.17) is 0 Å². The highest BCUT2D eigenvalue weighted by Crippen LogP contribution is 2.28. The first kappa shape index (κ1) is 15.0. The van der Waals surface area contributed by atoms with E-state index in [1.807, 2.05) is 0 Å². The molecule has 1 amide bonds. The summed E-state index contributed by atoms with van der Waals surface area (Å²) in [6.07, 6.45) is 5.63. The molecule has 1 heterocycles. The Hall–Kier alpha value is -2.35. The summed E-state index contributed by atoms with van der Waals surface area (Å²) in [6.45, 7) is 0.430. The minimum absolute atomic E-state index is 0.0521. The molecule has 0 unspecified atom stereocenters. The molecule has 0 atom stereocenters. The fourth-order valence-corrected chi connectivity index (χ4v) is 2.35. The van der Waals surface area contributed by atoms with E-state index in [9.17, 15) is 14.9 Å². The molecule has 2 aromatic rings. The fourth-order valence-electron chi connectivity index (χ4n) is 1.81.